The lowest BCUT2D eigenvalue weighted by Crippen LogP contribution is -2.68. The molecule has 0 radical (unpaired) electrons. The Labute approximate surface area is 187 Å². The Balaban J connectivity index is 1.73. The number of alkyl carbamates (subject to hydrolysis) is 1. The number of rotatable bonds is 8. The minimum Gasteiger partial charge on any atom is -0.477 e. The fraction of sp³-hybridized carbons (Fsp3) is 0.647. The quantitative estimate of drug-likeness (QED) is 0.236. The number of carboxylic acids is 1. The fourth-order valence-electron chi connectivity index (χ4n) is 3.21. The van der Waals surface area contributed by atoms with Crippen LogP contribution in [0.5, 0.6) is 0 Å². The van der Waals surface area contributed by atoms with E-state index in [0.29, 0.717) is 35.9 Å². The summed E-state index contributed by atoms with van der Waals surface area (Å²) in [4.78, 5) is 37.4. The van der Waals surface area contributed by atoms with Gasteiger partial charge in [-0.05, 0) is 44.4 Å². The molecule has 0 aromatic carbocycles. The van der Waals surface area contributed by atoms with E-state index in [1.165, 1.54) is 28.4 Å². The van der Waals surface area contributed by atoms with Crippen LogP contribution in [0.3, 0.4) is 0 Å². The summed E-state index contributed by atoms with van der Waals surface area (Å²) >= 11 is 2.69. The summed E-state index contributed by atoms with van der Waals surface area (Å²) in [5.74, 6) is -1.16. The Morgan fingerprint density at radius 1 is 1.48 bits per heavy atom. The van der Waals surface area contributed by atoms with Crippen LogP contribution in [0.1, 0.15) is 33.6 Å². The number of carbonyl (C=O) groups excluding carboxylic acids is 2. The molecule has 0 spiro atoms. The van der Waals surface area contributed by atoms with Gasteiger partial charge in [-0.15, -0.1) is 22.0 Å². The molecule has 3 atom stereocenters. The van der Waals surface area contributed by atoms with Gasteiger partial charge in [-0.2, -0.15) is 5.21 Å². The van der Waals surface area contributed by atoms with E-state index in [2.05, 4.69) is 25.9 Å². The van der Waals surface area contributed by atoms with Crippen molar-refractivity contribution < 1.29 is 24.2 Å². The number of fused-ring (bicyclic) bond motifs is 1. The van der Waals surface area contributed by atoms with Gasteiger partial charge in [0, 0.05) is 17.5 Å². The molecule has 12 nitrogen and oxygen atoms in total. The van der Waals surface area contributed by atoms with Crippen molar-refractivity contribution in [2.24, 2.45) is 5.73 Å². The fourth-order valence-corrected chi connectivity index (χ4v) is 5.75. The van der Waals surface area contributed by atoms with E-state index in [9.17, 15) is 19.5 Å². The number of β-lactam (4-membered cyclic amide) rings is 1. The number of hydrogen-bond acceptors (Lipinski definition) is 10. The minimum atomic E-state index is -1.17. The summed E-state index contributed by atoms with van der Waals surface area (Å²) in [5, 5.41) is 26.0. The van der Waals surface area contributed by atoms with Crippen molar-refractivity contribution in [3.8, 4) is 0 Å². The lowest BCUT2D eigenvalue weighted by Gasteiger charge is -2.48. The second kappa shape index (κ2) is 9.44. The summed E-state index contributed by atoms with van der Waals surface area (Å²) in [7, 11) is 0. The van der Waals surface area contributed by atoms with Crippen molar-refractivity contribution in [2.45, 2.75) is 61.0 Å². The van der Waals surface area contributed by atoms with E-state index in [-0.39, 0.29) is 16.3 Å². The average molecular weight is 472 g/mol. The van der Waals surface area contributed by atoms with Gasteiger partial charge in [0.15, 0.2) is 0 Å². The maximum Gasteiger partial charge on any atom is 0.407 e. The van der Waals surface area contributed by atoms with E-state index >= 15 is 0 Å². The first-order chi connectivity index (χ1) is 14.6. The lowest BCUT2D eigenvalue weighted by molar-refractivity contribution is -0.148. The topological polar surface area (TPSA) is 176 Å². The van der Waals surface area contributed by atoms with E-state index in [0.717, 1.165) is 0 Å². The second-order valence-electron chi connectivity index (χ2n) is 7.99. The molecular weight excluding hydrogens is 446 g/mol. The largest absolute Gasteiger partial charge is 0.477 e. The summed E-state index contributed by atoms with van der Waals surface area (Å²) < 4.78 is 5.22. The number of ether oxygens (including phenoxy) is 1. The SMILES string of the molecule is CC(C)(C)OC(=O)NCCCC(Sc1nn[nH]n1)C1=C(C(=O)O)N2C(=O)C(N)[C@H]2SC1. The molecule has 0 bridgehead atoms. The van der Waals surface area contributed by atoms with E-state index in [4.69, 9.17) is 10.5 Å². The number of thioether (sulfide) groups is 2. The van der Waals surface area contributed by atoms with Gasteiger partial charge < -0.3 is 20.9 Å². The zero-order chi connectivity index (χ0) is 22.8. The number of amides is 2. The number of hydrogen-bond donors (Lipinski definition) is 4. The van der Waals surface area contributed by atoms with Gasteiger partial charge in [0.05, 0.1) is 0 Å². The number of aromatic amines is 1. The van der Waals surface area contributed by atoms with Crippen molar-refractivity contribution >= 4 is 41.5 Å². The standard InChI is InChI=1S/C17H25N7O5S2/c1-17(2,3)29-16(28)19-6-4-5-9(31-15-20-22-23-21-15)8-7-30-13-10(18)12(25)24(13)11(8)14(26)27/h9-10,13H,4-7,18H2,1-3H3,(H,19,28)(H,26,27)(H,20,21,22,23)/t9?,10?,13-/m1/s1. The maximum absolute atomic E-state index is 12.2. The van der Waals surface area contributed by atoms with Crippen molar-refractivity contribution in [3.05, 3.63) is 11.3 Å². The third kappa shape index (κ3) is 5.49. The zero-order valence-corrected chi connectivity index (χ0v) is 19.0. The third-order valence-corrected chi connectivity index (χ3v) is 7.03. The zero-order valence-electron chi connectivity index (χ0n) is 17.3. The molecule has 1 fully saturated rings. The number of carbonyl (C=O) groups is 3. The molecule has 14 heteroatoms. The van der Waals surface area contributed by atoms with Gasteiger partial charge in [0.1, 0.15) is 22.7 Å². The molecule has 2 aliphatic rings. The Bertz CT molecular complexity index is 871. The molecule has 2 unspecified atom stereocenters. The molecule has 3 heterocycles. The van der Waals surface area contributed by atoms with Gasteiger partial charge in [-0.3, -0.25) is 9.69 Å². The number of aromatic nitrogens is 4. The monoisotopic (exact) mass is 471 g/mol. The smallest absolute Gasteiger partial charge is 0.407 e. The maximum atomic E-state index is 12.2. The minimum absolute atomic E-state index is 0.0310. The van der Waals surface area contributed by atoms with Gasteiger partial charge in [-0.1, -0.05) is 11.8 Å². The molecule has 31 heavy (non-hydrogen) atoms. The number of carboxylic acid groups (broad SMARTS) is 1. The van der Waals surface area contributed by atoms with Crippen molar-refractivity contribution in [1.29, 1.82) is 0 Å². The molecule has 0 aliphatic carbocycles. The number of nitrogens with two attached hydrogens (primary N) is 1. The van der Waals surface area contributed by atoms with Gasteiger partial charge >= 0.3 is 12.1 Å². The van der Waals surface area contributed by atoms with E-state index < -0.39 is 29.6 Å². The van der Waals surface area contributed by atoms with Crippen molar-refractivity contribution in [2.75, 3.05) is 12.3 Å². The number of aliphatic carboxylic acids is 1. The summed E-state index contributed by atoms with van der Waals surface area (Å²) in [5.41, 5.74) is 5.80. The van der Waals surface area contributed by atoms with Crippen LogP contribution in [-0.2, 0) is 14.3 Å². The van der Waals surface area contributed by atoms with Crippen LogP contribution in [0.25, 0.3) is 0 Å². The predicted molar refractivity (Wildman–Crippen MR) is 113 cm³/mol. The lowest BCUT2D eigenvalue weighted by atomic mass is 10.0. The van der Waals surface area contributed by atoms with Crippen molar-refractivity contribution in [3.63, 3.8) is 0 Å². The van der Waals surface area contributed by atoms with Gasteiger partial charge in [-0.25, -0.2) is 9.59 Å². The first-order valence-electron chi connectivity index (χ1n) is 9.62. The Morgan fingerprint density at radius 3 is 2.84 bits per heavy atom. The van der Waals surface area contributed by atoms with Crippen LogP contribution in [0.4, 0.5) is 4.79 Å². The first-order valence-corrected chi connectivity index (χ1v) is 11.5. The van der Waals surface area contributed by atoms with Gasteiger partial charge in [0.2, 0.25) is 11.1 Å². The van der Waals surface area contributed by atoms with Gasteiger partial charge in [0.25, 0.3) is 0 Å². The van der Waals surface area contributed by atoms with Crippen LogP contribution in [0.2, 0.25) is 0 Å². The van der Waals surface area contributed by atoms with Crippen LogP contribution < -0.4 is 11.1 Å². The molecule has 3 rings (SSSR count). The molecule has 1 aromatic heterocycles. The molecule has 1 aromatic rings. The summed E-state index contributed by atoms with van der Waals surface area (Å²) in [6.07, 6.45) is 0.546. The third-order valence-electron chi connectivity index (χ3n) is 4.52. The number of nitrogens with one attached hydrogen (secondary N) is 2. The normalized spacial score (nSPS) is 21.9. The number of nitrogens with zero attached hydrogens (tertiary/aromatic N) is 4. The predicted octanol–water partition coefficient (Wildman–Crippen LogP) is 0.546. The molecule has 2 amide bonds. The Kier molecular flexibility index (Phi) is 7.11. The molecule has 0 saturated carbocycles. The van der Waals surface area contributed by atoms with Crippen LogP contribution in [0.15, 0.2) is 16.4 Å². The molecule has 1 saturated heterocycles. The van der Waals surface area contributed by atoms with E-state index in [1.54, 1.807) is 20.8 Å². The molecule has 2 aliphatic heterocycles. The van der Waals surface area contributed by atoms with Crippen LogP contribution in [0, 0.1) is 0 Å². The number of tetrazole rings is 1. The van der Waals surface area contributed by atoms with Crippen LogP contribution >= 0.6 is 23.5 Å². The first kappa shape index (κ1) is 23.3. The highest BCUT2D eigenvalue weighted by atomic mass is 32.2. The molecular formula is C17H25N7O5S2. The highest BCUT2D eigenvalue weighted by Crippen LogP contribution is 2.43. The molecule has 5 N–H and O–H groups in total. The Hall–Kier alpha value is -2.32. The van der Waals surface area contributed by atoms with Crippen LogP contribution in [-0.4, -0.2) is 83.2 Å². The highest BCUT2D eigenvalue weighted by Gasteiger charge is 2.52. The molecule has 170 valence electrons. The average Bonchev–Trinajstić information content (AvgIpc) is 3.20. The second-order valence-corrected chi connectivity index (χ2v) is 10.3. The van der Waals surface area contributed by atoms with E-state index in [1.807, 2.05) is 0 Å². The summed E-state index contributed by atoms with van der Waals surface area (Å²) in [6.45, 7) is 5.68. The Morgan fingerprint density at radius 2 is 2.23 bits per heavy atom. The highest BCUT2D eigenvalue weighted by molar-refractivity contribution is 8.01. The van der Waals surface area contributed by atoms with Crippen molar-refractivity contribution in [1.82, 2.24) is 30.8 Å². The summed E-state index contributed by atoms with van der Waals surface area (Å²) in [6, 6.07) is -0.692. The number of H-pyrrole nitrogens is 1.